The van der Waals surface area contributed by atoms with Gasteiger partial charge in [0.2, 0.25) is 0 Å². The van der Waals surface area contributed by atoms with Crippen LogP contribution in [-0.4, -0.2) is 25.0 Å². The molecule has 2 fully saturated rings. The van der Waals surface area contributed by atoms with Gasteiger partial charge >= 0.3 is 0 Å². The van der Waals surface area contributed by atoms with E-state index in [9.17, 15) is 4.79 Å². The fraction of sp³-hybridized carbons (Fsp3) is 0.545. The van der Waals surface area contributed by atoms with Gasteiger partial charge in [-0.05, 0) is 30.9 Å². The molecular formula is C11H14N2O2. The Morgan fingerprint density at radius 2 is 2.20 bits per heavy atom. The highest BCUT2D eigenvalue weighted by Crippen LogP contribution is 2.41. The molecule has 1 aliphatic heterocycles. The summed E-state index contributed by atoms with van der Waals surface area (Å²) in [5, 5.41) is 6.31. The molecule has 15 heavy (non-hydrogen) atoms. The van der Waals surface area contributed by atoms with E-state index in [0.29, 0.717) is 23.6 Å². The van der Waals surface area contributed by atoms with Crippen molar-refractivity contribution in [3.8, 4) is 0 Å². The van der Waals surface area contributed by atoms with Gasteiger partial charge in [-0.3, -0.25) is 4.79 Å². The quantitative estimate of drug-likeness (QED) is 0.742. The molecule has 2 aliphatic rings. The molecule has 0 radical (unpaired) electrons. The van der Waals surface area contributed by atoms with E-state index < -0.39 is 0 Å². The topological polar surface area (TPSA) is 54.3 Å². The van der Waals surface area contributed by atoms with Crippen LogP contribution < -0.4 is 10.6 Å². The van der Waals surface area contributed by atoms with Crippen molar-refractivity contribution >= 4 is 5.91 Å². The fourth-order valence-corrected chi connectivity index (χ4v) is 2.41. The lowest BCUT2D eigenvalue weighted by Gasteiger charge is -2.05. The van der Waals surface area contributed by atoms with Gasteiger partial charge < -0.3 is 15.1 Å². The first-order valence-electron chi connectivity index (χ1n) is 5.34. The Morgan fingerprint density at radius 1 is 1.47 bits per heavy atom. The highest BCUT2D eigenvalue weighted by atomic mass is 16.3. The standard InChI is InChI=1S/C11H14N2O2/c1-6-2-3-9(15-6)11(14)13-10-7-4-12-5-8(7)10/h2-3,7-8,10,12H,4-5H2,1H3,(H,13,14). The molecule has 80 valence electrons. The van der Waals surface area contributed by atoms with Gasteiger partial charge in [0.25, 0.3) is 5.91 Å². The van der Waals surface area contributed by atoms with Crippen LogP contribution in [0.3, 0.4) is 0 Å². The van der Waals surface area contributed by atoms with Gasteiger partial charge in [-0.15, -0.1) is 0 Å². The van der Waals surface area contributed by atoms with Crippen molar-refractivity contribution in [3.63, 3.8) is 0 Å². The molecule has 0 spiro atoms. The van der Waals surface area contributed by atoms with Crippen molar-refractivity contribution < 1.29 is 9.21 Å². The van der Waals surface area contributed by atoms with Gasteiger partial charge in [0, 0.05) is 19.1 Å². The van der Waals surface area contributed by atoms with E-state index in [-0.39, 0.29) is 5.91 Å². The Bertz CT molecular complexity index is 389. The number of nitrogens with one attached hydrogen (secondary N) is 2. The summed E-state index contributed by atoms with van der Waals surface area (Å²) < 4.78 is 5.27. The van der Waals surface area contributed by atoms with Gasteiger partial charge in [-0.2, -0.15) is 0 Å². The molecule has 1 aromatic heterocycles. The van der Waals surface area contributed by atoms with Crippen molar-refractivity contribution in [1.82, 2.24) is 10.6 Å². The van der Waals surface area contributed by atoms with Crippen molar-refractivity contribution in [2.24, 2.45) is 11.8 Å². The molecule has 3 rings (SSSR count). The lowest BCUT2D eigenvalue weighted by Crippen LogP contribution is -2.32. The summed E-state index contributed by atoms with van der Waals surface area (Å²) in [5.74, 6) is 2.40. The van der Waals surface area contributed by atoms with Crippen molar-refractivity contribution in [2.75, 3.05) is 13.1 Å². The SMILES string of the molecule is Cc1ccc(C(=O)NC2C3CNCC32)o1. The predicted molar refractivity (Wildman–Crippen MR) is 54.5 cm³/mol. The van der Waals surface area contributed by atoms with Crippen molar-refractivity contribution in [2.45, 2.75) is 13.0 Å². The lowest BCUT2D eigenvalue weighted by atomic mass is 10.3. The lowest BCUT2D eigenvalue weighted by molar-refractivity contribution is 0.0917. The Labute approximate surface area is 88.0 Å². The number of hydrogen-bond donors (Lipinski definition) is 2. The van der Waals surface area contributed by atoms with Gasteiger partial charge in [0.05, 0.1) is 0 Å². The molecule has 1 saturated carbocycles. The number of carbonyl (C=O) groups is 1. The average Bonchev–Trinajstić information content (AvgIpc) is 2.66. The number of aryl methyl sites for hydroxylation is 1. The Kier molecular flexibility index (Phi) is 1.85. The zero-order valence-electron chi connectivity index (χ0n) is 8.62. The summed E-state index contributed by atoms with van der Waals surface area (Å²) >= 11 is 0. The molecule has 4 heteroatoms. The molecule has 2 atom stereocenters. The van der Waals surface area contributed by atoms with Gasteiger partial charge in [0.15, 0.2) is 5.76 Å². The number of fused-ring (bicyclic) bond motifs is 1. The maximum atomic E-state index is 11.7. The third-order valence-corrected chi connectivity index (χ3v) is 3.35. The van der Waals surface area contributed by atoms with Crippen LogP contribution in [0.15, 0.2) is 16.5 Å². The number of amides is 1. The van der Waals surface area contributed by atoms with E-state index in [4.69, 9.17) is 4.42 Å². The van der Waals surface area contributed by atoms with E-state index in [1.807, 2.05) is 13.0 Å². The van der Waals surface area contributed by atoms with E-state index in [1.165, 1.54) is 0 Å². The van der Waals surface area contributed by atoms with Gasteiger partial charge in [-0.25, -0.2) is 0 Å². The van der Waals surface area contributed by atoms with Crippen LogP contribution in [0.4, 0.5) is 0 Å². The van der Waals surface area contributed by atoms with E-state index >= 15 is 0 Å². The van der Waals surface area contributed by atoms with Crippen LogP contribution in [0.1, 0.15) is 16.3 Å². The summed E-state index contributed by atoms with van der Waals surface area (Å²) in [6, 6.07) is 3.90. The minimum atomic E-state index is -0.0810. The first-order valence-corrected chi connectivity index (χ1v) is 5.34. The summed E-state index contributed by atoms with van der Waals surface area (Å²) in [6.45, 7) is 3.91. The van der Waals surface area contributed by atoms with Crippen LogP contribution in [-0.2, 0) is 0 Å². The van der Waals surface area contributed by atoms with Gasteiger partial charge in [0.1, 0.15) is 5.76 Å². The molecule has 2 N–H and O–H groups in total. The number of carbonyl (C=O) groups excluding carboxylic acids is 1. The molecule has 1 amide bonds. The number of rotatable bonds is 2. The molecule has 2 unspecified atom stereocenters. The first kappa shape index (κ1) is 8.97. The number of furan rings is 1. The molecule has 1 aliphatic carbocycles. The molecule has 1 aromatic rings. The smallest absolute Gasteiger partial charge is 0.287 e. The van der Waals surface area contributed by atoms with Crippen LogP contribution in [0, 0.1) is 18.8 Å². The Morgan fingerprint density at radius 3 is 2.80 bits per heavy atom. The van der Waals surface area contributed by atoms with Crippen molar-refractivity contribution in [3.05, 3.63) is 23.7 Å². The largest absolute Gasteiger partial charge is 0.456 e. The third-order valence-electron chi connectivity index (χ3n) is 3.35. The van der Waals surface area contributed by atoms with E-state index in [2.05, 4.69) is 10.6 Å². The van der Waals surface area contributed by atoms with Crippen LogP contribution >= 0.6 is 0 Å². The Hall–Kier alpha value is -1.29. The van der Waals surface area contributed by atoms with E-state index in [0.717, 1.165) is 18.8 Å². The van der Waals surface area contributed by atoms with Gasteiger partial charge in [-0.1, -0.05) is 0 Å². The fourth-order valence-electron chi connectivity index (χ4n) is 2.41. The molecule has 1 saturated heterocycles. The van der Waals surface area contributed by atoms with Crippen LogP contribution in [0.25, 0.3) is 0 Å². The normalized spacial score (nSPS) is 32.5. The predicted octanol–water partition coefficient (Wildman–Crippen LogP) is 0.536. The minimum Gasteiger partial charge on any atom is -0.456 e. The third kappa shape index (κ3) is 1.45. The number of piperidine rings is 1. The Balaban J connectivity index is 1.62. The molecule has 2 heterocycles. The monoisotopic (exact) mass is 206 g/mol. The summed E-state index contributed by atoms with van der Waals surface area (Å²) in [6.07, 6.45) is 0. The summed E-state index contributed by atoms with van der Waals surface area (Å²) in [5.41, 5.74) is 0. The molecular weight excluding hydrogens is 192 g/mol. The highest BCUT2D eigenvalue weighted by Gasteiger charge is 2.53. The molecule has 4 nitrogen and oxygen atoms in total. The summed E-state index contributed by atoms with van der Waals surface area (Å²) in [7, 11) is 0. The first-order chi connectivity index (χ1) is 7.25. The maximum Gasteiger partial charge on any atom is 0.287 e. The highest BCUT2D eigenvalue weighted by molar-refractivity contribution is 5.92. The second kappa shape index (κ2) is 3.10. The molecule has 0 bridgehead atoms. The van der Waals surface area contributed by atoms with Crippen molar-refractivity contribution in [1.29, 1.82) is 0 Å². The number of hydrogen-bond acceptors (Lipinski definition) is 3. The van der Waals surface area contributed by atoms with Crippen LogP contribution in [0.5, 0.6) is 0 Å². The van der Waals surface area contributed by atoms with E-state index in [1.54, 1.807) is 6.07 Å². The summed E-state index contributed by atoms with van der Waals surface area (Å²) in [4.78, 5) is 11.7. The van der Waals surface area contributed by atoms with Crippen LogP contribution in [0.2, 0.25) is 0 Å². The second-order valence-electron chi connectivity index (χ2n) is 4.40. The maximum absolute atomic E-state index is 11.7. The zero-order valence-corrected chi connectivity index (χ0v) is 8.62. The minimum absolute atomic E-state index is 0.0810. The molecule has 0 aromatic carbocycles. The second-order valence-corrected chi connectivity index (χ2v) is 4.40. The average molecular weight is 206 g/mol. The zero-order chi connectivity index (χ0) is 10.4.